The molecule has 0 spiro atoms. The van der Waals surface area contributed by atoms with Crippen LogP contribution in [0, 0.1) is 0 Å². The standard InChI is InChI=1S/C16H26N2O2S/c1-11(2)16-13(7-8-15(19)20)21-14(17-16)10-18-9-5-4-6-12(18)3/h11-12H,4-10H2,1-3H3,(H,19,20). The number of rotatable bonds is 6. The third-order valence-electron chi connectivity index (χ3n) is 4.16. The summed E-state index contributed by atoms with van der Waals surface area (Å²) in [4.78, 5) is 19.3. The summed E-state index contributed by atoms with van der Waals surface area (Å²) in [5, 5.41) is 10.0. The largest absolute Gasteiger partial charge is 0.481 e. The summed E-state index contributed by atoms with van der Waals surface area (Å²) in [5.74, 6) is -0.373. The fourth-order valence-corrected chi connectivity index (χ4v) is 4.15. The minimum Gasteiger partial charge on any atom is -0.481 e. The lowest BCUT2D eigenvalue weighted by atomic mass is 10.0. The minimum absolute atomic E-state index is 0.196. The molecule has 0 saturated carbocycles. The van der Waals surface area contributed by atoms with Crippen LogP contribution in [0.5, 0.6) is 0 Å². The van der Waals surface area contributed by atoms with Crippen LogP contribution in [0.2, 0.25) is 0 Å². The van der Waals surface area contributed by atoms with E-state index < -0.39 is 5.97 Å². The molecule has 1 aliphatic rings. The number of aliphatic carboxylic acids is 1. The van der Waals surface area contributed by atoms with Gasteiger partial charge in [0.2, 0.25) is 0 Å². The number of aryl methyl sites for hydroxylation is 1. The van der Waals surface area contributed by atoms with Crippen molar-refractivity contribution in [3.05, 3.63) is 15.6 Å². The van der Waals surface area contributed by atoms with Gasteiger partial charge < -0.3 is 5.11 Å². The molecule has 1 fully saturated rings. The van der Waals surface area contributed by atoms with E-state index in [1.165, 1.54) is 19.3 Å². The molecule has 21 heavy (non-hydrogen) atoms. The van der Waals surface area contributed by atoms with Gasteiger partial charge in [-0.2, -0.15) is 0 Å². The van der Waals surface area contributed by atoms with E-state index in [9.17, 15) is 4.79 Å². The van der Waals surface area contributed by atoms with Crippen LogP contribution in [0.15, 0.2) is 0 Å². The number of hydrogen-bond donors (Lipinski definition) is 1. The van der Waals surface area contributed by atoms with Gasteiger partial charge in [0.15, 0.2) is 0 Å². The summed E-state index contributed by atoms with van der Waals surface area (Å²) in [6, 6.07) is 0.632. The van der Waals surface area contributed by atoms with Gasteiger partial charge in [0.05, 0.1) is 18.7 Å². The van der Waals surface area contributed by atoms with Crippen molar-refractivity contribution in [3.63, 3.8) is 0 Å². The molecule has 1 aromatic heterocycles. The lowest BCUT2D eigenvalue weighted by Gasteiger charge is -2.32. The van der Waals surface area contributed by atoms with Gasteiger partial charge in [-0.3, -0.25) is 9.69 Å². The van der Waals surface area contributed by atoms with Crippen LogP contribution in [0.4, 0.5) is 0 Å². The fraction of sp³-hybridized carbons (Fsp3) is 0.750. The predicted octanol–water partition coefficient (Wildman–Crippen LogP) is 3.66. The quantitative estimate of drug-likeness (QED) is 0.871. The second-order valence-corrected chi connectivity index (χ2v) is 7.45. The molecular weight excluding hydrogens is 284 g/mol. The SMILES string of the molecule is CC(C)c1nc(CN2CCCCC2C)sc1CCC(=O)O. The van der Waals surface area contributed by atoms with Gasteiger partial charge in [-0.1, -0.05) is 20.3 Å². The molecule has 118 valence electrons. The molecule has 2 heterocycles. The van der Waals surface area contributed by atoms with Gasteiger partial charge in [-0.25, -0.2) is 4.98 Å². The third kappa shape index (κ3) is 4.51. The van der Waals surface area contributed by atoms with Gasteiger partial charge in [0, 0.05) is 10.9 Å². The average molecular weight is 310 g/mol. The van der Waals surface area contributed by atoms with Crippen molar-refractivity contribution in [3.8, 4) is 0 Å². The van der Waals surface area contributed by atoms with Gasteiger partial charge in [0.25, 0.3) is 0 Å². The summed E-state index contributed by atoms with van der Waals surface area (Å²) in [6.07, 6.45) is 4.68. The molecule has 1 saturated heterocycles. The van der Waals surface area contributed by atoms with Crippen molar-refractivity contribution in [2.45, 2.75) is 71.4 Å². The van der Waals surface area contributed by atoms with Crippen LogP contribution < -0.4 is 0 Å². The maximum Gasteiger partial charge on any atom is 0.303 e. The molecule has 0 amide bonds. The molecule has 5 heteroatoms. The van der Waals surface area contributed by atoms with E-state index in [1.54, 1.807) is 11.3 Å². The molecule has 0 aromatic carbocycles. The topological polar surface area (TPSA) is 53.4 Å². The highest BCUT2D eigenvalue weighted by Crippen LogP contribution is 2.28. The first-order valence-corrected chi connectivity index (χ1v) is 8.73. The zero-order chi connectivity index (χ0) is 15.4. The minimum atomic E-state index is -0.732. The third-order valence-corrected chi connectivity index (χ3v) is 5.28. The Bertz CT molecular complexity index is 485. The van der Waals surface area contributed by atoms with E-state index in [4.69, 9.17) is 10.1 Å². The molecule has 0 radical (unpaired) electrons. The van der Waals surface area contributed by atoms with Crippen molar-refractivity contribution in [2.24, 2.45) is 0 Å². The Morgan fingerprint density at radius 3 is 2.86 bits per heavy atom. The summed E-state index contributed by atoms with van der Waals surface area (Å²) >= 11 is 1.71. The molecule has 4 nitrogen and oxygen atoms in total. The Hall–Kier alpha value is -0.940. The molecular formula is C16H26N2O2S. The van der Waals surface area contributed by atoms with Crippen LogP contribution in [-0.2, 0) is 17.8 Å². The fourth-order valence-electron chi connectivity index (χ4n) is 2.90. The molecule has 0 aliphatic carbocycles. The molecule has 1 N–H and O–H groups in total. The van der Waals surface area contributed by atoms with Gasteiger partial charge in [0.1, 0.15) is 5.01 Å². The van der Waals surface area contributed by atoms with E-state index in [2.05, 4.69) is 25.7 Å². The second-order valence-electron chi connectivity index (χ2n) is 6.28. The first-order chi connectivity index (χ1) is 9.97. The van der Waals surface area contributed by atoms with Crippen molar-refractivity contribution in [2.75, 3.05) is 6.54 Å². The lowest BCUT2D eigenvalue weighted by Crippen LogP contribution is -2.36. The van der Waals surface area contributed by atoms with Gasteiger partial charge in [-0.15, -0.1) is 11.3 Å². The van der Waals surface area contributed by atoms with E-state index in [-0.39, 0.29) is 6.42 Å². The smallest absolute Gasteiger partial charge is 0.303 e. The normalized spacial score (nSPS) is 20.1. The van der Waals surface area contributed by atoms with Crippen LogP contribution in [-0.4, -0.2) is 33.5 Å². The van der Waals surface area contributed by atoms with Crippen molar-refractivity contribution >= 4 is 17.3 Å². The number of aromatic nitrogens is 1. The second kappa shape index (κ2) is 7.36. The monoisotopic (exact) mass is 310 g/mol. The molecule has 0 bridgehead atoms. The van der Waals surface area contributed by atoms with Gasteiger partial charge in [-0.05, 0) is 38.6 Å². The Morgan fingerprint density at radius 1 is 1.48 bits per heavy atom. The van der Waals surface area contributed by atoms with Crippen molar-refractivity contribution in [1.29, 1.82) is 0 Å². The first kappa shape index (κ1) is 16.4. The van der Waals surface area contributed by atoms with E-state index in [0.717, 1.165) is 28.7 Å². The van der Waals surface area contributed by atoms with Crippen LogP contribution >= 0.6 is 11.3 Å². The number of hydrogen-bond acceptors (Lipinski definition) is 4. The van der Waals surface area contributed by atoms with E-state index >= 15 is 0 Å². The van der Waals surface area contributed by atoms with Crippen molar-refractivity contribution in [1.82, 2.24) is 9.88 Å². The highest BCUT2D eigenvalue weighted by Gasteiger charge is 2.21. The number of piperidine rings is 1. The van der Waals surface area contributed by atoms with Gasteiger partial charge >= 0.3 is 5.97 Å². The van der Waals surface area contributed by atoms with Crippen LogP contribution in [0.3, 0.4) is 0 Å². The zero-order valence-electron chi connectivity index (χ0n) is 13.3. The maximum atomic E-state index is 10.8. The Kier molecular flexibility index (Phi) is 5.76. The highest BCUT2D eigenvalue weighted by atomic mass is 32.1. The number of carbonyl (C=O) groups is 1. The zero-order valence-corrected chi connectivity index (χ0v) is 14.1. The highest BCUT2D eigenvalue weighted by molar-refractivity contribution is 7.11. The Morgan fingerprint density at radius 2 is 2.24 bits per heavy atom. The molecule has 1 atom stereocenters. The average Bonchev–Trinajstić information content (AvgIpc) is 2.82. The number of nitrogens with zero attached hydrogens (tertiary/aromatic N) is 2. The van der Waals surface area contributed by atoms with E-state index in [0.29, 0.717) is 18.4 Å². The molecule has 1 unspecified atom stereocenters. The number of carboxylic acid groups (broad SMARTS) is 1. The molecule has 1 aliphatic heterocycles. The number of likely N-dealkylation sites (tertiary alicyclic amines) is 1. The van der Waals surface area contributed by atoms with E-state index in [1.807, 2.05) is 0 Å². The van der Waals surface area contributed by atoms with Crippen molar-refractivity contribution < 1.29 is 9.90 Å². The lowest BCUT2D eigenvalue weighted by molar-refractivity contribution is -0.136. The van der Waals surface area contributed by atoms with Crippen LogP contribution in [0.1, 0.15) is 68.0 Å². The first-order valence-electron chi connectivity index (χ1n) is 7.91. The summed E-state index contributed by atoms with van der Waals surface area (Å²) in [7, 11) is 0. The summed E-state index contributed by atoms with van der Waals surface area (Å²) in [5.41, 5.74) is 1.10. The molecule has 2 rings (SSSR count). The van der Waals surface area contributed by atoms with Crippen LogP contribution in [0.25, 0.3) is 0 Å². The number of carboxylic acids is 1. The number of thiazole rings is 1. The summed E-state index contributed by atoms with van der Waals surface area (Å²) in [6.45, 7) is 8.63. The molecule has 1 aromatic rings. The predicted molar refractivity (Wildman–Crippen MR) is 85.9 cm³/mol. The summed E-state index contributed by atoms with van der Waals surface area (Å²) < 4.78 is 0. The maximum absolute atomic E-state index is 10.8. The Balaban J connectivity index is 2.08. The Labute approximate surface area is 131 Å².